The van der Waals surface area contributed by atoms with Crippen LogP contribution in [-0.4, -0.2) is 29.2 Å². The van der Waals surface area contributed by atoms with Gasteiger partial charge < -0.3 is 15.4 Å². The first-order valence-corrected chi connectivity index (χ1v) is 8.30. The Morgan fingerprint density at radius 3 is 3.00 bits per heavy atom. The molecule has 5 nitrogen and oxygen atoms in total. The zero-order chi connectivity index (χ0) is 16.1. The predicted octanol–water partition coefficient (Wildman–Crippen LogP) is 3.68. The first-order valence-electron chi connectivity index (χ1n) is 8.30. The van der Waals surface area contributed by atoms with Crippen molar-refractivity contribution in [1.29, 1.82) is 0 Å². The number of para-hydroxylation sites is 1. The maximum Gasteiger partial charge on any atom is 0.224 e. The molecule has 0 bridgehead atoms. The molecule has 1 atom stereocenters. The smallest absolute Gasteiger partial charge is 0.224 e. The first-order chi connectivity index (χ1) is 11.3. The Hall–Kier alpha value is -2.14. The van der Waals surface area contributed by atoms with E-state index in [1.807, 2.05) is 6.07 Å². The summed E-state index contributed by atoms with van der Waals surface area (Å²) in [6.45, 7) is 5.89. The number of anilines is 3. The number of aryl methyl sites for hydroxylation is 2. The number of nitrogens with one attached hydrogen (secondary N) is 2. The Bertz CT molecular complexity index is 653. The van der Waals surface area contributed by atoms with E-state index in [0.29, 0.717) is 5.95 Å². The maximum atomic E-state index is 5.61. The Kier molecular flexibility index (Phi) is 5.08. The number of hydrogen-bond acceptors (Lipinski definition) is 5. The van der Waals surface area contributed by atoms with Gasteiger partial charge in [-0.25, -0.2) is 4.98 Å². The SMILES string of the molecule is CCc1cccc(C)c1Nc1ccnc(NCC2CCCO2)n1. The van der Waals surface area contributed by atoms with Crippen LogP contribution in [0.4, 0.5) is 17.5 Å². The van der Waals surface area contributed by atoms with Crippen molar-refractivity contribution < 1.29 is 4.74 Å². The molecule has 2 heterocycles. The molecule has 2 N–H and O–H groups in total. The van der Waals surface area contributed by atoms with E-state index in [2.05, 4.69) is 52.6 Å². The number of rotatable bonds is 6. The molecule has 0 aliphatic carbocycles. The van der Waals surface area contributed by atoms with Gasteiger partial charge in [-0.3, -0.25) is 0 Å². The molecule has 1 aliphatic rings. The minimum Gasteiger partial charge on any atom is -0.376 e. The molecule has 0 amide bonds. The van der Waals surface area contributed by atoms with E-state index in [9.17, 15) is 0 Å². The Balaban J connectivity index is 1.70. The molecular weight excluding hydrogens is 288 g/mol. The summed E-state index contributed by atoms with van der Waals surface area (Å²) in [5.74, 6) is 1.44. The van der Waals surface area contributed by atoms with Crippen LogP contribution in [0.15, 0.2) is 30.5 Å². The number of hydrogen-bond donors (Lipinski definition) is 2. The molecule has 23 heavy (non-hydrogen) atoms. The zero-order valence-corrected chi connectivity index (χ0v) is 13.8. The van der Waals surface area contributed by atoms with Gasteiger partial charge in [0.05, 0.1) is 6.10 Å². The van der Waals surface area contributed by atoms with Gasteiger partial charge in [0.2, 0.25) is 5.95 Å². The van der Waals surface area contributed by atoms with Gasteiger partial charge in [-0.2, -0.15) is 4.98 Å². The van der Waals surface area contributed by atoms with Crippen molar-refractivity contribution in [3.63, 3.8) is 0 Å². The topological polar surface area (TPSA) is 59.1 Å². The molecule has 3 rings (SSSR count). The summed E-state index contributed by atoms with van der Waals surface area (Å²) in [7, 11) is 0. The van der Waals surface area contributed by atoms with E-state index < -0.39 is 0 Å². The molecule has 2 aromatic rings. The lowest BCUT2D eigenvalue weighted by Gasteiger charge is -2.14. The van der Waals surface area contributed by atoms with Crippen LogP contribution in [0, 0.1) is 6.92 Å². The van der Waals surface area contributed by atoms with Gasteiger partial charge in [-0.05, 0) is 43.4 Å². The normalized spacial score (nSPS) is 17.2. The van der Waals surface area contributed by atoms with Gasteiger partial charge in [0, 0.05) is 25.0 Å². The van der Waals surface area contributed by atoms with Gasteiger partial charge >= 0.3 is 0 Å². The third kappa shape index (κ3) is 3.99. The Labute approximate surface area is 137 Å². The highest BCUT2D eigenvalue weighted by molar-refractivity contribution is 5.65. The average Bonchev–Trinajstić information content (AvgIpc) is 3.09. The molecule has 122 valence electrons. The van der Waals surface area contributed by atoms with Crippen LogP contribution in [0.25, 0.3) is 0 Å². The molecule has 1 unspecified atom stereocenters. The van der Waals surface area contributed by atoms with E-state index in [4.69, 9.17) is 4.74 Å². The van der Waals surface area contributed by atoms with Crippen molar-refractivity contribution in [1.82, 2.24) is 9.97 Å². The number of ether oxygens (including phenoxy) is 1. The van der Waals surface area contributed by atoms with Crippen molar-refractivity contribution in [3.05, 3.63) is 41.6 Å². The zero-order valence-electron chi connectivity index (χ0n) is 13.8. The second kappa shape index (κ2) is 7.42. The van der Waals surface area contributed by atoms with Gasteiger partial charge in [0.25, 0.3) is 0 Å². The largest absolute Gasteiger partial charge is 0.376 e. The van der Waals surface area contributed by atoms with Gasteiger partial charge in [-0.15, -0.1) is 0 Å². The van der Waals surface area contributed by atoms with E-state index >= 15 is 0 Å². The molecule has 1 aromatic carbocycles. The molecule has 1 aliphatic heterocycles. The number of benzene rings is 1. The van der Waals surface area contributed by atoms with E-state index in [-0.39, 0.29) is 6.10 Å². The third-order valence-electron chi connectivity index (χ3n) is 4.16. The van der Waals surface area contributed by atoms with Gasteiger partial charge in [0.1, 0.15) is 5.82 Å². The third-order valence-corrected chi connectivity index (χ3v) is 4.16. The summed E-state index contributed by atoms with van der Waals surface area (Å²) in [5, 5.41) is 6.71. The fourth-order valence-electron chi connectivity index (χ4n) is 2.85. The fourth-order valence-corrected chi connectivity index (χ4v) is 2.85. The molecule has 0 spiro atoms. The van der Waals surface area contributed by atoms with Crippen LogP contribution < -0.4 is 10.6 Å². The molecule has 0 saturated carbocycles. The molecular formula is C18H24N4O. The summed E-state index contributed by atoms with van der Waals surface area (Å²) >= 11 is 0. The summed E-state index contributed by atoms with van der Waals surface area (Å²) < 4.78 is 5.61. The minimum atomic E-state index is 0.276. The highest BCUT2D eigenvalue weighted by Crippen LogP contribution is 2.24. The molecule has 1 aromatic heterocycles. The van der Waals surface area contributed by atoms with Crippen LogP contribution >= 0.6 is 0 Å². The summed E-state index contributed by atoms with van der Waals surface area (Å²) in [6, 6.07) is 8.24. The number of aromatic nitrogens is 2. The minimum absolute atomic E-state index is 0.276. The summed E-state index contributed by atoms with van der Waals surface area (Å²) in [6.07, 6.45) is 5.28. The Morgan fingerprint density at radius 2 is 2.22 bits per heavy atom. The second-order valence-electron chi connectivity index (χ2n) is 5.87. The average molecular weight is 312 g/mol. The van der Waals surface area contributed by atoms with Crippen LogP contribution in [0.2, 0.25) is 0 Å². The highest BCUT2D eigenvalue weighted by Gasteiger charge is 2.15. The lowest BCUT2D eigenvalue weighted by molar-refractivity contribution is 0.120. The van der Waals surface area contributed by atoms with E-state index in [1.54, 1.807) is 6.20 Å². The second-order valence-corrected chi connectivity index (χ2v) is 5.87. The van der Waals surface area contributed by atoms with E-state index in [0.717, 1.165) is 43.9 Å². The molecule has 5 heteroatoms. The van der Waals surface area contributed by atoms with E-state index in [1.165, 1.54) is 11.1 Å². The lowest BCUT2D eigenvalue weighted by atomic mass is 10.1. The van der Waals surface area contributed by atoms with Crippen molar-refractivity contribution in [2.45, 2.75) is 39.2 Å². The van der Waals surface area contributed by atoms with Crippen LogP contribution in [-0.2, 0) is 11.2 Å². The van der Waals surface area contributed by atoms with Gasteiger partial charge in [0.15, 0.2) is 0 Å². The predicted molar refractivity (Wildman–Crippen MR) is 93.3 cm³/mol. The summed E-state index contributed by atoms with van der Waals surface area (Å²) in [5.41, 5.74) is 3.65. The summed E-state index contributed by atoms with van der Waals surface area (Å²) in [4.78, 5) is 8.85. The maximum absolute atomic E-state index is 5.61. The van der Waals surface area contributed by atoms with Crippen LogP contribution in [0.5, 0.6) is 0 Å². The first kappa shape index (κ1) is 15.7. The number of nitrogens with zero attached hydrogens (tertiary/aromatic N) is 2. The Morgan fingerprint density at radius 1 is 1.30 bits per heavy atom. The fraction of sp³-hybridized carbons (Fsp3) is 0.444. The standard InChI is InChI=1S/C18H24N4O/c1-3-14-7-4-6-13(2)17(14)21-16-9-10-19-18(22-16)20-12-15-8-5-11-23-15/h4,6-7,9-10,15H,3,5,8,11-12H2,1-2H3,(H2,19,20,21,22). The molecule has 0 radical (unpaired) electrons. The van der Waals surface area contributed by atoms with Crippen LogP contribution in [0.3, 0.4) is 0 Å². The van der Waals surface area contributed by atoms with Crippen LogP contribution in [0.1, 0.15) is 30.9 Å². The van der Waals surface area contributed by atoms with Crippen molar-refractivity contribution in [2.24, 2.45) is 0 Å². The van der Waals surface area contributed by atoms with Crippen molar-refractivity contribution in [2.75, 3.05) is 23.8 Å². The van der Waals surface area contributed by atoms with Gasteiger partial charge in [-0.1, -0.05) is 25.1 Å². The highest BCUT2D eigenvalue weighted by atomic mass is 16.5. The lowest BCUT2D eigenvalue weighted by Crippen LogP contribution is -2.19. The quantitative estimate of drug-likeness (QED) is 0.852. The van der Waals surface area contributed by atoms with Crippen molar-refractivity contribution >= 4 is 17.5 Å². The van der Waals surface area contributed by atoms with Crippen molar-refractivity contribution in [3.8, 4) is 0 Å². The monoisotopic (exact) mass is 312 g/mol. The molecule has 1 saturated heterocycles. The molecule has 1 fully saturated rings.